The minimum atomic E-state index is -0.225. The van der Waals surface area contributed by atoms with E-state index < -0.39 is 0 Å². The van der Waals surface area contributed by atoms with Gasteiger partial charge in [0.05, 0.1) is 41.3 Å². The van der Waals surface area contributed by atoms with Crippen molar-refractivity contribution < 1.29 is 38.0 Å². The number of esters is 2. The first-order valence-electron chi connectivity index (χ1n) is 13.5. The maximum Gasteiger partial charge on any atom is 0.312 e. The molecule has 6 rings (SSSR count). The SMILES string of the molecule is COc1ccc([C@@H]2CC(=O)Oc3cc(OC)ccc32)cc1.COc1ccc([C@H]2CC(=O)Oc3cc(OC)ccc32)cc1. The van der Waals surface area contributed by atoms with Gasteiger partial charge in [0, 0.05) is 35.1 Å². The molecule has 42 heavy (non-hydrogen) atoms. The molecular weight excluding hydrogens is 536 g/mol. The fraction of sp³-hybridized carbons (Fsp3) is 0.235. The monoisotopic (exact) mass is 568 g/mol. The van der Waals surface area contributed by atoms with E-state index >= 15 is 0 Å². The van der Waals surface area contributed by atoms with Gasteiger partial charge in [-0.05, 0) is 47.5 Å². The first-order valence-corrected chi connectivity index (χ1v) is 13.5. The average Bonchev–Trinajstić information content (AvgIpc) is 3.03. The van der Waals surface area contributed by atoms with Crippen LogP contribution in [-0.2, 0) is 9.59 Å². The highest BCUT2D eigenvalue weighted by molar-refractivity contribution is 5.78. The van der Waals surface area contributed by atoms with E-state index in [1.807, 2.05) is 72.8 Å². The lowest BCUT2D eigenvalue weighted by atomic mass is 9.86. The van der Waals surface area contributed by atoms with Gasteiger partial charge < -0.3 is 28.4 Å². The normalized spacial score (nSPS) is 16.9. The van der Waals surface area contributed by atoms with E-state index in [0.717, 1.165) is 33.8 Å². The lowest BCUT2D eigenvalue weighted by Crippen LogP contribution is -2.21. The fourth-order valence-electron chi connectivity index (χ4n) is 5.18. The molecule has 8 nitrogen and oxygen atoms in total. The molecule has 0 radical (unpaired) electrons. The molecule has 0 fully saturated rings. The van der Waals surface area contributed by atoms with Crippen LogP contribution < -0.4 is 28.4 Å². The maximum absolute atomic E-state index is 11.8. The quantitative estimate of drug-likeness (QED) is 0.198. The van der Waals surface area contributed by atoms with Crippen molar-refractivity contribution >= 4 is 11.9 Å². The molecule has 2 atom stereocenters. The summed E-state index contributed by atoms with van der Waals surface area (Å²) in [5, 5.41) is 0. The first-order chi connectivity index (χ1) is 20.4. The second-order valence-electron chi connectivity index (χ2n) is 9.82. The second kappa shape index (κ2) is 12.7. The zero-order valence-electron chi connectivity index (χ0n) is 23.9. The largest absolute Gasteiger partial charge is 0.497 e. The number of carbonyl (C=O) groups is 2. The smallest absolute Gasteiger partial charge is 0.312 e. The molecule has 2 heterocycles. The molecule has 0 spiro atoms. The summed E-state index contributed by atoms with van der Waals surface area (Å²) < 4.78 is 31.4. The number of hydrogen-bond donors (Lipinski definition) is 0. The lowest BCUT2D eigenvalue weighted by molar-refractivity contribution is -0.136. The molecule has 216 valence electrons. The van der Waals surface area contributed by atoms with Gasteiger partial charge in [0.2, 0.25) is 0 Å². The van der Waals surface area contributed by atoms with Gasteiger partial charge in [-0.25, -0.2) is 0 Å². The van der Waals surface area contributed by atoms with Crippen molar-refractivity contribution in [1.82, 2.24) is 0 Å². The van der Waals surface area contributed by atoms with Gasteiger partial charge in [0.1, 0.15) is 34.5 Å². The number of ether oxygens (including phenoxy) is 6. The van der Waals surface area contributed by atoms with Crippen LogP contribution in [-0.4, -0.2) is 40.4 Å². The Kier molecular flexibility index (Phi) is 8.62. The van der Waals surface area contributed by atoms with Gasteiger partial charge in [0.25, 0.3) is 0 Å². The van der Waals surface area contributed by atoms with Crippen LogP contribution >= 0.6 is 0 Å². The molecule has 0 aliphatic carbocycles. The summed E-state index contributed by atoms with van der Waals surface area (Å²) in [4.78, 5) is 23.7. The van der Waals surface area contributed by atoms with Crippen LogP contribution in [0.25, 0.3) is 0 Å². The summed E-state index contributed by atoms with van der Waals surface area (Å²) in [6, 6.07) is 26.7. The summed E-state index contributed by atoms with van der Waals surface area (Å²) in [5.41, 5.74) is 4.14. The number of rotatable bonds is 6. The fourth-order valence-corrected chi connectivity index (χ4v) is 5.18. The van der Waals surface area contributed by atoms with E-state index in [4.69, 9.17) is 28.4 Å². The van der Waals surface area contributed by atoms with Crippen LogP contribution in [0, 0.1) is 0 Å². The Morgan fingerprint density at radius 3 is 1.17 bits per heavy atom. The molecule has 0 bridgehead atoms. The molecule has 4 aromatic rings. The standard InChI is InChI=1S/2C17H16O4/c2*1-19-12-5-3-11(4-6-12)15-10-17(18)21-16-9-13(20-2)7-8-14(15)16/h2*3-9,15H,10H2,1-2H3/t2*15-/m10/s1. The summed E-state index contributed by atoms with van der Waals surface area (Å²) in [5.74, 6) is 3.65. The molecule has 0 unspecified atom stereocenters. The molecule has 0 aromatic heterocycles. The van der Waals surface area contributed by atoms with Crippen molar-refractivity contribution in [3.63, 3.8) is 0 Å². The van der Waals surface area contributed by atoms with E-state index in [0.29, 0.717) is 35.8 Å². The van der Waals surface area contributed by atoms with Crippen LogP contribution in [0.4, 0.5) is 0 Å². The number of benzene rings is 4. The summed E-state index contributed by atoms with van der Waals surface area (Å²) in [7, 11) is 6.45. The number of methoxy groups -OCH3 is 4. The van der Waals surface area contributed by atoms with Crippen LogP contribution in [0.1, 0.15) is 46.9 Å². The third-order valence-electron chi connectivity index (χ3n) is 7.42. The number of fused-ring (bicyclic) bond motifs is 2. The van der Waals surface area contributed by atoms with Gasteiger partial charge in [-0.1, -0.05) is 36.4 Å². The topological polar surface area (TPSA) is 89.5 Å². The summed E-state index contributed by atoms with van der Waals surface area (Å²) in [6.07, 6.45) is 0.678. The van der Waals surface area contributed by atoms with Crippen molar-refractivity contribution in [3.05, 3.63) is 107 Å². The highest BCUT2D eigenvalue weighted by Crippen LogP contribution is 2.42. The molecule has 4 aromatic carbocycles. The van der Waals surface area contributed by atoms with E-state index in [1.54, 1.807) is 40.6 Å². The molecule has 0 saturated heterocycles. The summed E-state index contributed by atoms with van der Waals surface area (Å²) in [6.45, 7) is 0. The molecule has 0 N–H and O–H groups in total. The zero-order valence-corrected chi connectivity index (χ0v) is 23.9. The van der Waals surface area contributed by atoms with E-state index in [1.165, 1.54) is 0 Å². The highest BCUT2D eigenvalue weighted by atomic mass is 16.5. The Labute approximate surface area is 244 Å². The molecule has 2 aliphatic heterocycles. The Balaban J connectivity index is 0.000000168. The lowest BCUT2D eigenvalue weighted by Gasteiger charge is -2.25. The first kappa shape index (κ1) is 28.5. The maximum atomic E-state index is 11.8. The second-order valence-corrected chi connectivity index (χ2v) is 9.82. The average molecular weight is 569 g/mol. The van der Waals surface area contributed by atoms with E-state index in [2.05, 4.69) is 0 Å². The molecule has 0 saturated carbocycles. The van der Waals surface area contributed by atoms with Crippen molar-refractivity contribution in [2.45, 2.75) is 24.7 Å². The Morgan fingerprint density at radius 2 is 0.833 bits per heavy atom. The predicted octanol–water partition coefficient (Wildman–Crippen LogP) is 6.29. The Hall–Kier alpha value is -4.98. The van der Waals surface area contributed by atoms with Crippen LogP contribution in [0.5, 0.6) is 34.5 Å². The molecule has 2 aliphatic rings. The van der Waals surface area contributed by atoms with E-state index in [9.17, 15) is 9.59 Å². The van der Waals surface area contributed by atoms with Crippen molar-refractivity contribution in [3.8, 4) is 34.5 Å². The predicted molar refractivity (Wildman–Crippen MR) is 156 cm³/mol. The number of carbonyl (C=O) groups excluding carboxylic acids is 2. The van der Waals surface area contributed by atoms with Gasteiger partial charge in [-0.3, -0.25) is 9.59 Å². The van der Waals surface area contributed by atoms with Crippen molar-refractivity contribution in [2.75, 3.05) is 28.4 Å². The Morgan fingerprint density at radius 1 is 0.500 bits per heavy atom. The van der Waals surface area contributed by atoms with Crippen molar-refractivity contribution in [2.24, 2.45) is 0 Å². The van der Waals surface area contributed by atoms with Gasteiger partial charge in [-0.15, -0.1) is 0 Å². The molecule has 0 amide bonds. The molecular formula is C34H32O8. The van der Waals surface area contributed by atoms with Crippen molar-refractivity contribution in [1.29, 1.82) is 0 Å². The van der Waals surface area contributed by atoms with Gasteiger partial charge >= 0.3 is 11.9 Å². The minimum absolute atomic E-state index is 0.00179. The minimum Gasteiger partial charge on any atom is -0.497 e. The third-order valence-corrected chi connectivity index (χ3v) is 7.42. The van der Waals surface area contributed by atoms with Crippen LogP contribution in [0.3, 0.4) is 0 Å². The zero-order chi connectivity index (χ0) is 29.6. The summed E-state index contributed by atoms with van der Waals surface area (Å²) >= 11 is 0. The van der Waals surface area contributed by atoms with Crippen LogP contribution in [0.15, 0.2) is 84.9 Å². The highest BCUT2D eigenvalue weighted by Gasteiger charge is 2.30. The number of hydrogen-bond acceptors (Lipinski definition) is 8. The van der Waals surface area contributed by atoms with E-state index in [-0.39, 0.29) is 23.8 Å². The van der Waals surface area contributed by atoms with Gasteiger partial charge in [0.15, 0.2) is 0 Å². The Bertz CT molecular complexity index is 1440. The van der Waals surface area contributed by atoms with Crippen LogP contribution in [0.2, 0.25) is 0 Å². The third kappa shape index (κ3) is 6.17. The molecule has 8 heteroatoms. The van der Waals surface area contributed by atoms with Gasteiger partial charge in [-0.2, -0.15) is 0 Å².